The molecular formula is C13H22N2O3S. The molecule has 0 fully saturated rings. The third-order valence-electron chi connectivity index (χ3n) is 2.93. The highest BCUT2D eigenvalue weighted by molar-refractivity contribution is 7.90. The van der Waals surface area contributed by atoms with Crippen molar-refractivity contribution in [1.82, 2.24) is 4.90 Å². The van der Waals surface area contributed by atoms with Gasteiger partial charge < -0.3 is 15.7 Å². The van der Waals surface area contributed by atoms with Crippen LogP contribution in [0, 0.1) is 0 Å². The van der Waals surface area contributed by atoms with Gasteiger partial charge in [0, 0.05) is 25.9 Å². The lowest BCUT2D eigenvalue weighted by Crippen LogP contribution is -2.29. The topological polar surface area (TPSA) is 83.6 Å². The van der Waals surface area contributed by atoms with Gasteiger partial charge in [-0.15, -0.1) is 0 Å². The second-order valence-corrected chi connectivity index (χ2v) is 7.11. The largest absolute Gasteiger partial charge is 0.387 e. The summed E-state index contributed by atoms with van der Waals surface area (Å²) in [7, 11) is -1.17. The minimum absolute atomic E-state index is 0.0995. The van der Waals surface area contributed by atoms with Gasteiger partial charge in [0.05, 0.1) is 11.9 Å². The summed E-state index contributed by atoms with van der Waals surface area (Å²) < 4.78 is 22.1. The molecule has 3 N–H and O–H groups in total. The van der Waals surface area contributed by atoms with E-state index in [2.05, 4.69) is 0 Å². The molecular weight excluding hydrogens is 264 g/mol. The quantitative estimate of drug-likeness (QED) is 0.746. The van der Waals surface area contributed by atoms with E-state index >= 15 is 0 Å². The van der Waals surface area contributed by atoms with E-state index in [4.69, 9.17) is 5.73 Å². The summed E-state index contributed by atoms with van der Waals surface area (Å²) in [5.41, 5.74) is 7.33. The van der Waals surface area contributed by atoms with Crippen LogP contribution in [-0.2, 0) is 16.4 Å². The molecule has 0 heterocycles. The second-order valence-electron chi connectivity index (χ2n) is 4.85. The van der Waals surface area contributed by atoms with E-state index in [0.29, 0.717) is 19.6 Å². The Bertz CT molecular complexity index is 485. The Labute approximate surface area is 115 Å². The number of hydrogen-bond acceptors (Lipinski definition) is 5. The van der Waals surface area contributed by atoms with Crippen LogP contribution in [0.5, 0.6) is 0 Å². The molecule has 19 heavy (non-hydrogen) atoms. The monoisotopic (exact) mass is 286 g/mol. The fourth-order valence-corrected chi connectivity index (χ4v) is 2.33. The van der Waals surface area contributed by atoms with E-state index in [-0.39, 0.29) is 5.75 Å². The maximum absolute atomic E-state index is 11.1. The van der Waals surface area contributed by atoms with E-state index in [1.807, 2.05) is 29.2 Å². The van der Waals surface area contributed by atoms with E-state index in [0.717, 1.165) is 11.1 Å². The van der Waals surface area contributed by atoms with Crippen molar-refractivity contribution >= 4 is 9.84 Å². The lowest BCUT2D eigenvalue weighted by molar-refractivity contribution is 0.130. The van der Waals surface area contributed by atoms with Gasteiger partial charge in [0.2, 0.25) is 0 Å². The van der Waals surface area contributed by atoms with Crippen LogP contribution in [0.15, 0.2) is 24.3 Å². The van der Waals surface area contributed by atoms with E-state index in [1.165, 1.54) is 6.26 Å². The van der Waals surface area contributed by atoms with Crippen LogP contribution < -0.4 is 5.73 Å². The number of hydrogen-bond donors (Lipinski definition) is 2. The summed E-state index contributed by atoms with van der Waals surface area (Å²) in [6.07, 6.45) is 0.583. The number of nitrogens with two attached hydrogens (primary N) is 1. The molecule has 0 aromatic heterocycles. The number of nitrogens with zero attached hydrogens (tertiary/aromatic N) is 1. The van der Waals surface area contributed by atoms with Gasteiger partial charge in [-0.1, -0.05) is 24.3 Å². The van der Waals surface area contributed by atoms with E-state index < -0.39 is 15.9 Å². The zero-order valence-electron chi connectivity index (χ0n) is 11.4. The molecule has 0 radical (unpaired) electrons. The SMILES string of the molecule is CN(CCS(C)(=O)=O)CC(O)c1ccc(CN)cc1. The average Bonchev–Trinajstić information content (AvgIpc) is 2.35. The second kappa shape index (κ2) is 7.00. The maximum atomic E-state index is 11.1. The minimum Gasteiger partial charge on any atom is -0.387 e. The highest BCUT2D eigenvalue weighted by Crippen LogP contribution is 2.14. The molecule has 0 aliphatic rings. The predicted octanol–water partition coefficient (Wildman–Crippen LogP) is 0.155. The van der Waals surface area contributed by atoms with Gasteiger partial charge in [-0.05, 0) is 18.2 Å². The van der Waals surface area contributed by atoms with Gasteiger partial charge in [-0.2, -0.15) is 0 Å². The van der Waals surface area contributed by atoms with Gasteiger partial charge in [-0.3, -0.25) is 0 Å². The first-order valence-corrected chi connectivity index (χ1v) is 8.21. The smallest absolute Gasteiger partial charge is 0.148 e. The third-order valence-corrected chi connectivity index (χ3v) is 3.85. The van der Waals surface area contributed by atoms with Crippen molar-refractivity contribution in [3.8, 4) is 0 Å². The molecule has 1 rings (SSSR count). The molecule has 0 spiro atoms. The molecule has 0 saturated carbocycles. The van der Waals surface area contributed by atoms with Gasteiger partial charge >= 0.3 is 0 Å². The lowest BCUT2D eigenvalue weighted by atomic mass is 10.1. The molecule has 0 aliphatic carbocycles. The number of likely N-dealkylation sites (N-methyl/N-ethyl adjacent to an activating group) is 1. The summed E-state index contributed by atoms with van der Waals surface area (Å²) in [5, 5.41) is 10.1. The van der Waals surface area contributed by atoms with Gasteiger partial charge in [0.1, 0.15) is 9.84 Å². The van der Waals surface area contributed by atoms with Crippen LogP contribution in [0.4, 0.5) is 0 Å². The molecule has 5 nitrogen and oxygen atoms in total. The lowest BCUT2D eigenvalue weighted by Gasteiger charge is -2.20. The zero-order chi connectivity index (χ0) is 14.5. The third kappa shape index (κ3) is 6.15. The van der Waals surface area contributed by atoms with Crippen LogP contribution in [0.25, 0.3) is 0 Å². The summed E-state index contributed by atoms with van der Waals surface area (Å²) in [5.74, 6) is 0.0995. The van der Waals surface area contributed by atoms with Crippen molar-refractivity contribution in [1.29, 1.82) is 0 Å². The van der Waals surface area contributed by atoms with E-state index in [1.54, 1.807) is 7.05 Å². The van der Waals surface area contributed by atoms with Crippen LogP contribution in [0.3, 0.4) is 0 Å². The molecule has 1 atom stereocenters. The molecule has 1 aromatic carbocycles. The highest BCUT2D eigenvalue weighted by Gasteiger charge is 2.12. The van der Waals surface area contributed by atoms with Crippen molar-refractivity contribution in [3.05, 3.63) is 35.4 Å². The Morgan fingerprint density at radius 1 is 1.32 bits per heavy atom. The fraction of sp³-hybridized carbons (Fsp3) is 0.538. The van der Waals surface area contributed by atoms with Gasteiger partial charge in [0.15, 0.2) is 0 Å². The summed E-state index contributed by atoms with van der Waals surface area (Å²) in [6.45, 7) is 1.29. The number of aliphatic hydroxyl groups excluding tert-OH is 1. The molecule has 1 aromatic rings. The van der Waals surface area contributed by atoms with Gasteiger partial charge in [0.25, 0.3) is 0 Å². The normalized spacial score (nSPS) is 13.7. The average molecular weight is 286 g/mol. The standard InChI is InChI=1S/C13H22N2O3S/c1-15(7-8-19(2,17)18)10-13(16)12-5-3-11(9-14)4-6-12/h3-6,13,16H,7-10,14H2,1-2H3. The van der Waals surface area contributed by atoms with Crippen LogP contribution in [0.1, 0.15) is 17.2 Å². The first-order valence-electron chi connectivity index (χ1n) is 6.15. The van der Waals surface area contributed by atoms with Crippen LogP contribution >= 0.6 is 0 Å². The van der Waals surface area contributed by atoms with Crippen molar-refractivity contribution in [3.63, 3.8) is 0 Å². The first-order chi connectivity index (χ1) is 8.81. The minimum atomic E-state index is -2.97. The van der Waals surface area contributed by atoms with E-state index in [9.17, 15) is 13.5 Å². The van der Waals surface area contributed by atoms with Crippen molar-refractivity contribution in [2.75, 3.05) is 32.1 Å². The van der Waals surface area contributed by atoms with Crippen molar-refractivity contribution in [2.45, 2.75) is 12.6 Å². The molecule has 0 saturated heterocycles. The number of benzene rings is 1. The van der Waals surface area contributed by atoms with Gasteiger partial charge in [-0.25, -0.2) is 8.42 Å². The number of aliphatic hydroxyl groups is 1. The Balaban J connectivity index is 2.51. The molecule has 108 valence electrons. The number of rotatable bonds is 7. The summed E-state index contributed by atoms with van der Waals surface area (Å²) >= 11 is 0. The van der Waals surface area contributed by atoms with Crippen molar-refractivity contribution < 1.29 is 13.5 Å². The predicted molar refractivity (Wildman–Crippen MR) is 76.5 cm³/mol. The van der Waals surface area contributed by atoms with Crippen LogP contribution in [0.2, 0.25) is 0 Å². The Morgan fingerprint density at radius 3 is 2.37 bits per heavy atom. The molecule has 0 aliphatic heterocycles. The Hall–Kier alpha value is -0.950. The van der Waals surface area contributed by atoms with Crippen molar-refractivity contribution in [2.24, 2.45) is 5.73 Å². The Morgan fingerprint density at radius 2 is 1.89 bits per heavy atom. The molecule has 6 heteroatoms. The summed E-state index contributed by atoms with van der Waals surface area (Å²) in [4.78, 5) is 1.81. The molecule has 1 unspecified atom stereocenters. The maximum Gasteiger partial charge on any atom is 0.148 e. The number of sulfone groups is 1. The molecule has 0 amide bonds. The molecule has 0 bridgehead atoms. The first kappa shape index (κ1) is 16.1. The highest BCUT2D eigenvalue weighted by atomic mass is 32.2. The van der Waals surface area contributed by atoms with Crippen LogP contribution in [-0.4, -0.2) is 50.6 Å². The Kier molecular flexibility index (Phi) is 5.93. The fourth-order valence-electron chi connectivity index (χ4n) is 1.69. The zero-order valence-corrected chi connectivity index (χ0v) is 12.2. The summed E-state index contributed by atoms with van der Waals surface area (Å²) in [6, 6.07) is 7.46.